The number of aromatic amines is 1. The van der Waals surface area contributed by atoms with E-state index in [-0.39, 0.29) is 6.42 Å². The minimum absolute atomic E-state index is 0.0329. The van der Waals surface area contributed by atoms with Crippen molar-refractivity contribution >= 4 is 5.97 Å². The zero-order chi connectivity index (χ0) is 17.4. The summed E-state index contributed by atoms with van der Waals surface area (Å²) in [5.74, 6) is -4.23. The average Bonchev–Trinajstić information content (AvgIpc) is 3.02. The fraction of sp³-hybridized carbons (Fsp3) is 0.667. The molecule has 1 aromatic heterocycles. The highest BCUT2D eigenvalue weighted by atomic mass is 16.7. The van der Waals surface area contributed by atoms with Gasteiger partial charge in [-0.15, -0.1) is 0 Å². The molecule has 7 atom stereocenters. The van der Waals surface area contributed by atoms with Crippen LogP contribution in [0.15, 0.2) is 12.5 Å². The first-order chi connectivity index (χ1) is 10.7. The van der Waals surface area contributed by atoms with E-state index in [1.807, 2.05) is 0 Å². The summed E-state index contributed by atoms with van der Waals surface area (Å²) in [6.45, 7) is 0. The van der Waals surface area contributed by atoms with Crippen molar-refractivity contribution in [2.24, 2.45) is 5.73 Å². The summed E-state index contributed by atoms with van der Waals surface area (Å²) < 4.78 is 4.63. The summed E-state index contributed by atoms with van der Waals surface area (Å²) in [6.07, 6.45) is -7.78. The molecule has 1 aromatic rings. The lowest BCUT2D eigenvalue weighted by Crippen LogP contribution is -2.72. The second-order valence-electron chi connectivity index (χ2n) is 5.42. The second kappa shape index (κ2) is 6.49. The molecule has 2 rings (SSSR count). The largest absolute Gasteiger partial charge is 0.426 e. The van der Waals surface area contributed by atoms with E-state index in [0.717, 1.165) is 0 Å². The first kappa shape index (κ1) is 17.7. The molecule has 1 aliphatic rings. The normalized spacial score (nSPS) is 39.0. The lowest BCUT2D eigenvalue weighted by molar-refractivity contribution is -0.348. The molecule has 0 amide bonds. The average molecular weight is 333 g/mol. The van der Waals surface area contributed by atoms with Gasteiger partial charge in [-0.05, 0) is 0 Å². The highest BCUT2D eigenvalue weighted by molar-refractivity contribution is 5.76. The van der Waals surface area contributed by atoms with Gasteiger partial charge in [-0.25, -0.2) is 4.98 Å². The molecular formula is C12H19N3O8. The minimum atomic E-state index is -3.03. The van der Waals surface area contributed by atoms with Crippen molar-refractivity contribution < 1.29 is 40.2 Å². The third-order valence-corrected chi connectivity index (χ3v) is 3.76. The number of nitrogens with zero attached hydrogens (tertiary/aromatic N) is 1. The second-order valence-corrected chi connectivity index (χ2v) is 5.42. The molecule has 1 heterocycles. The molecule has 0 radical (unpaired) electrons. The van der Waals surface area contributed by atoms with Crippen molar-refractivity contribution in [2.75, 3.05) is 0 Å². The van der Waals surface area contributed by atoms with Gasteiger partial charge >= 0.3 is 5.97 Å². The number of aliphatic hydroxyl groups excluding tert-OH is 5. The van der Waals surface area contributed by atoms with Crippen LogP contribution < -0.4 is 5.73 Å². The van der Waals surface area contributed by atoms with Gasteiger partial charge in [0.1, 0.15) is 24.4 Å². The summed E-state index contributed by atoms with van der Waals surface area (Å²) in [5, 5.41) is 58.3. The standard InChI is InChI=1S/C12H19N3O8/c13-5(1-4-2-14-3-15-4)11(21)23-12(22)9(19)7(17)6(16)8(18)10(12)20/h2-3,5-10,16-20,22H,1,13H2,(H,14,15)/t5-,6?,7-,8+,9+,10+,12?/m0/s1. The molecule has 0 spiro atoms. The van der Waals surface area contributed by atoms with Crippen molar-refractivity contribution in [1.29, 1.82) is 0 Å². The molecule has 11 nitrogen and oxygen atoms in total. The van der Waals surface area contributed by atoms with Crippen LogP contribution in [0.5, 0.6) is 0 Å². The van der Waals surface area contributed by atoms with Gasteiger partial charge in [-0.3, -0.25) is 4.79 Å². The topological polar surface area (TPSA) is 202 Å². The Hall–Kier alpha value is -1.60. The predicted molar refractivity (Wildman–Crippen MR) is 71.3 cm³/mol. The van der Waals surface area contributed by atoms with Crippen LogP contribution in [-0.4, -0.2) is 88.9 Å². The van der Waals surface area contributed by atoms with E-state index in [1.54, 1.807) is 0 Å². The quantitative estimate of drug-likeness (QED) is 0.195. The summed E-state index contributed by atoms with van der Waals surface area (Å²) >= 11 is 0. The number of H-pyrrole nitrogens is 1. The number of nitrogens with two attached hydrogens (primary N) is 1. The van der Waals surface area contributed by atoms with Gasteiger partial charge in [0.05, 0.1) is 6.33 Å². The van der Waals surface area contributed by atoms with Crippen molar-refractivity contribution in [2.45, 2.75) is 48.8 Å². The van der Waals surface area contributed by atoms with Crippen LogP contribution in [0.1, 0.15) is 5.69 Å². The van der Waals surface area contributed by atoms with E-state index in [4.69, 9.17) is 5.73 Å². The van der Waals surface area contributed by atoms with Crippen LogP contribution in [0.3, 0.4) is 0 Å². The number of nitrogens with one attached hydrogen (secondary N) is 1. The van der Waals surface area contributed by atoms with Crippen LogP contribution in [0.2, 0.25) is 0 Å². The number of aliphatic hydroxyl groups is 6. The number of esters is 1. The molecular weight excluding hydrogens is 314 g/mol. The fourth-order valence-corrected chi connectivity index (χ4v) is 2.31. The van der Waals surface area contributed by atoms with Crippen molar-refractivity contribution in [1.82, 2.24) is 9.97 Å². The number of aromatic nitrogens is 2. The van der Waals surface area contributed by atoms with Crippen LogP contribution in [0, 0.1) is 0 Å². The Balaban J connectivity index is 2.11. The van der Waals surface area contributed by atoms with E-state index < -0.39 is 48.3 Å². The van der Waals surface area contributed by atoms with E-state index in [1.165, 1.54) is 12.5 Å². The fourth-order valence-electron chi connectivity index (χ4n) is 2.31. The number of carbonyl (C=O) groups excluding carboxylic acids is 1. The summed E-state index contributed by atoms with van der Waals surface area (Å²) in [4.78, 5) is 18.4. The van der Waals surface area contributed by atoms with Crippen LogP contribution >= 0.6 is 0 Å². The van der Waals surface area contributed by atoms with Crippen LogP contribution in [0.4, 0.5) is 0 Å². The lowest BCUT2D eigenvalue weighted by Gasteiger charge is -2.46. The monoisotopic (exact) mass is 333 g/mol. The number of carbonyl (C=O) groups is 1. The van der Waals surface area contributed by atoms with Gasteiger partial charge in [-0.2, -0.15) is 0 Å². The van der Waals surface area contributed by atoms with Gasteiger partial charge in [0.2, 0.25) is 0 Å². The maximum Gasteiger partial charge on any atom is 0.326 e. The van der Waals surface area contributed by atoms with E-state index in [2.05, 4.69) is 14.7 Å². The van der Waals surface area contributed by atoms with E-state index in [0.29, 0.717) is 5.69 Å². The molecule has 1 aliphatic carbocycles. The van der Waals surface area contributed by atoms with E-state index >= 15 is 0 Å². The molecule has 0 aromatic carbocycles. The Morgan fingerprint density at radius 2 is 1.83 bits per heavy atom. The molecule has 11 heteroatoms. The maximum absolute atomic E-state index is 11.9. The third-order valence-electron chi connectivity index (χ3n) is 3.76. The number of imidazole rings is 1. The first-order valence-electron chi connectivity index (χ1n) is 6.77. The molecule has 23 heavy (non-hydrogen) atoms. The number of ether oxygens (including phenoxy) is 1. The molecule has 2 unspecified atom stereocenters. The summed E-state index contributed by atoms with van der Waals surface area (Å²) in [7, 11) is 0. The smallest absolute Gasteiger partial charge is 0.326 e. The summed E-state index contributed by atoms with van der Waals surface area (Å²) in [6, 6.07) is -1.28. The number of rotatable bonds is 4. The molecule has 130 valence electrons. The first-order valence-corrected chi connectivity index (χ1v) is 6.77. The third kappa shape index (κ3) is 3.21. The number of hydrogen-bond acceptors (Lipinski definition) is 10. The van der Waals surface area contributed by atoms with Crippen molar-refractivity contribution in [3.8, 4) is 0 Å². The molecule has 1 fully saturated rings. The van der Waals surface area contributed by atoms with Gasteiger partial charge in [-0.1, -0.05) is 0 Å². The minimum Gasteiger partial charge on any atom is -0.426 e. The van der Waals surface area contributed by atoms with Crippen molar-refractivity contribution in [3.63, 3.8) is 0 Å². The lowest BCUT2D eigenvalue weighted by atomic mass is 9.82. The highest BCUT2D eigenvalue weighted by Crippen LogP contribution is 2.31. The Morgan fingerprint density at radius 1 is 1.26 bits per heavy atom. The molecule has 1 saturated carbocycles. The Morgan fingerprint density at radius 3 is 2.30 bits per heavy atom. The van der Waals surface area contributed by atoms with Crippen LogP contribution in [0.25, 0.3) is 0 Å². The van der Waals surface area contributed by atoms with Gasteiger partial charge in [0, 0.05) is 18.3 Å². The van der Waals surface area contributed by atoms with Gasteiger partial charge in [0.15, 0.2) is 12.2 Å². The van der Waals surface area contributed by atoms with Crippen LogP contribution in [-0.2, 0) is 16.0 Å². The van der Waals surface area contributed by atoms with E-state index in [9.17, 15) is 35.4 Å². The molecule has 0 bridgehead atoms. The Kier molecular flexibility index (Phi) is 5.01. The Bertz CT molecular complexity index is 522. The van der Waals surface area contributed by atoms with Gasteiger partial charge < -0.3 is 46.1 Å². The zero-order valence-electron chi connectivity index (χ0n) is 11.9. The molecule has 0 aliphatic heterocycles. The maximum atomic E-state index is 11.9. The predicted octanol–water partition coefficient (Wildman–Crippen LogP) is -4.67. The molecule has 9 N–H and O–H groups in total. The number of hydrogen-bond donors (Lipinski definition) is 8. The SMILES string of the molecule is N[C@@H](Cc1cnc[nH]1)C(=O)OC1(O)[C@H](O)[C@H](O)C(O)[C@H](O)[C@H]1O. The molecule has 0 saturated heterocycles. The summed E-state index contributed by atoms with van der Waals surface area (Å²) in [5.41, 5.74) is 6.10. The highest BCUT2D eigenvalue weighted by Gasteiger charge is 2.60. The van der Waals surface area contributed by atoms with Crippen molar-refractivity contribution in [3.05, 3.63) is 18.2 Å². The zero-order valence-corrected chi connectivity index (χ0v) is 11.9. The van der Waals surface area contributed by atoms with Gasteiger partial charge in [0.25, 0.3) is 5.79 Å². The Labute approximate surface area is 130 Å².